The molecule has 2 heterocycles. The zero-order valence-corrected chi connectivity index (χ0v) is 15.8. The molecule has 0 radical (unpaired) electrons. The topological polar surface area (TPSA) is 58.1 Å². The fourth-order valence-electron chi connectivity index (χ4n) is 3.24. The van der Waals surface area contributed by atoms with E-state index in [1.165, 1.54) is 41.7 Å². The predicted molar refractivity (Wildman–Crippen MR) is 104 cm³/mol. The van der Waals surface area contributed by atoms with E-state index in [9.17, 15) is 13.6 Å². The number of carbonyl (C=O) groups is 1. The van der Waals surface area contributed by atoms with Crippen LogP contribution in [0.4, 0.5) is 19.3 Å². The first-order valence-electron chi connectivity index (χ1n) is 9.00. The Balaban J connectivity index is 1.44. The molecule has 1 fully saturated rings. The van der Waals surface area contributed by atoms with Gasteiger partial charge < -0.3 is 10.2 Å². The van der Waals surface area contributed by atoms with Crippen molar-refractivity contribution >= 4 is 23.1 Å². The average Bonchev–Trinajstić information content (AvgIpc) is 3.20. The van der Waals surface area contributed by atoms with Gasteiger partial charge in [-0.05, 0) is 49.2 Å². The number of nitrogens with zero attached hydrogens (tertiary/aromatic N) is 3. The number of anilines is 1. The Labute approximate surface area is 165 Å². The molecule has 0 bridgehead atoms. The van der Waals surface area contributed by atoms with Crippen molar-refractivity contribution in [2.75, 3.05) is 18.4 Å². The molecule has 1 aliphatic rings. The Bertz CT molecular complexity index is 976. The van der Waals surface area contributed by atoms with Gasteiger partial charge >= 0.3 is 6.03 Å². The monoisotopic (exact) mass is 400 g/mol. The summed E-state index contributed by atoms with van der Waals surface area (Å²) in [5, 5.41) is 12.5. The third-order valence-corrected chi connectivity index (χ3v) is 5.82. The van der Waals surface area contributed by atoms with Crippen molar-refractivity contribution < 1.29 is 13.6 Å². The molecular weight excluding hydrogens is 382 g/mol. The van der Waals surface area contributed by atoms with Crippen molar-refractivity contribution in [2.45, 2.75) is 18.8 Å². The molecule has 1 aliphatic heterocycles. The quantitative estimate of drug-likeness (QED) is 0.681. The largest absolute Gasteiger partial charge is 0.324 e. The summed E-state index contributed by atoms with van der Waals surface area (Å²) in [5.41, 5.74) is 0.985. The first-order valence-corrected chi connectivity index (χ1v) is 9.81. The van der Waals surface area contributed by atoms with Crippen molar-refractivity contribution in [2.24, 2.45) is 0 Å². The number of hydrogen-bond acceptors (Lipinski definition) is 4. The first kappa shape index (κ1) is 18.5. The van der Waals surface area contributed by atoms with Crippen molar-refractivity contribution in [1.29, 1.82) is 0 Å². The lowest BCUT2D eigenvalue weighted by Crippen LogP contribution is -2.41. The van der Waals surface area contributed by atoms with E-state index in [1.807, 2.05) is 0 Å². The van der Waals surface area contributed by atoms with Crippen molar-refractivity contribution in [1.82, 2.24) is 15.1 Å². The van der Waals surface area contributed by atoms with E-state index < -0.39 is 0 Å². The molecule has 0 spiro atoms. The molecular formula is C20H18F2N4OS. The van der Waals surface area contributed by atoms with Crippen LogP contribution in [0.15, 0.2) is 48.5 Å². The van der Waals surface area contributed by atoms with E-state index >= 15 is 0 Å². The molecule has 1 unspecified atom stereocenters. The molecule has 1 N–H and O–H groups in total. The highest BCUT2D eigenvalue weighted by molar-refractivity contribution is 7.14. The second kappa shape index (κ2) is 8.02. The molecule has 0 aliphatic carbocycles. The number of amides is 2. The van der Waals surface area contributed by atoms with Crippen LogP contribution in [0.1, 0.15) is 23.8 Å². The average molecular weight is 400 g/mol. The molecule has 2 aromatic carbocycles. The summed E-state index contributed by atoms with van der Waals surface area (Å²) in [4.78, 5) is 14.3. The normalized spacial score (nSPS) is 16.8. The highest BCUT2D eigenvalue weighted by Gasteiger charge is 2.27. The predicted octanol–water partition coefficient (Wildman–Crippen LogP) is 4.89. The minimum absolute atomic E-state index is 0.0609. The third-order valence-electron chi connectivity index (χ3n) is 4.70. The number of nitrogens with one attached hydrogen (secondary N) is 1. The number of hydrogen-bond donors (Lipinski definition) is 1. The van der Waals surface area contributed by atoms with Gasteiger partial charge in [0.1, 0.15) is 16.6 Å². The van der Waals surface area contributed by atoms with Gasteiger partial charge in [0.05, 0.1) is 0 Å². The van der Waals surface area contributed by atoms with E-state index in [4.69, 9.17) is 0 Å². The van der Waals surface area contributed by atoms with Crippen LogP contribution in [0.5, 0.6) is 0 Å². The fourth-order valence-corrected chi connectivity index (χ4v) is 4.24. The van der Waals surface area contributed by atoms with Crippen LogP contribution < -0.4 is 5.32 Å². The molecule has 28 heavy (non-hydrogen) atoms. The Morgan fingerprint density at radius 3 is 2.68 bits per heavy atom. The van der Waals surface area contributed by atoms with Crippen LogP contribution in [0.25, 0.3) is 10.6 Å². The van der Waals surface area contributed by atoms with Gasteiger partial charge in [-0.3, -0.25) is 0 Å². The minimum atomic E-state index is -0.349. The summed E-state index contributed by atoms with van der Waals surface area (Å²) in [6, 6.07) is 11.9. The fraction of sp³-hybridized carbons (Fsp3) is 0.250. The lowest BCUT2D eigenvalue weighted by atomic mass is 9.99. The molecule has 3 aromatic rings. The zero-order chi connectivity index (χ0) is 19.5. The number of urea groups is 1. The van der Waals surface area contributed by atoms with Crippen LogP contribution in [0.2, 0.25) is 0 Å². The smallest absolute Gasteiger partial charge is 0.321 e. The molecule has 1 saturated heterocycles. The molecule has 144 valence electrons. The maximum atomic E-state index is 14.0. The van der Waals surface area contributed by atoms with Gasteiger partial charge in [-0.2, -0.15) is 0 Å². The van der Waals surface area contributed by atoms with Gasteiger partial charge in [0.2, 0.25) is 0 Å². The van der Waals surface area contributed by atoms with Gasteiger partial charge in [0.15, 0.2) is 5.01 Å². The molecule has 1 atom stereocenters. The summed E-state index contributed by atoms with van der Waals surface area (Å²) in [7, 11) is 0. The van der Waals surface area contributed by atoms with Crippen molar-refractivity contribution in [3.63, 3.8) is 0 Å². The van der Waals surface area contributed by atoms with Crippen LogP contribution in [0, 0.1) is 11.6 Å². The van der Waals surface area contributed by atoms with E-state index in [1.54, 1.807) is 23.1 Å². The molecule has 0 saturated carbocycles. The lowest BCUT2D eigenvalue weighted by molar-refractivity contribution is 0.192. The van der Waals surface area contributed by atoms with Gasteiger partial charge in [0, 0.05) is 30.3 Å². The van der Waals surface area contributed by atoms with E-state index in [-0.39, 0.29) is 23.6 Å². The second-order valence-corrected chi connectivity index (χ2v) is 7.66. The number of likely N-dealkylation sites (tertiary alicyclic amines) is 1. The van der Waals surface area contributed by atoms with Crippen molar-refractivity contribution in [3.05, 3.63) is 65.2 Å². The van der Waals surface area contributed by atoms with Crippen molar-refractivity contribution in [3.8, 4) is 10.6 Å². The maximum Gasteiger partial charge on any atom is 0.321 e. The van der Waals surface area contributed by atoms with E-state index in [2.05, 4.69) is 15.5 Å². The Morgan fingerprint density at radius 2 is 1.89 bits per heavy atom. The van der Waals surface area contributed by atoms with Gasteiger partial charge in [-0.25, -0.2) is 13.6 Å². The second-order valence-electron chi connectivity index (χ2n) is 6.65. The number of piperidine rings is 1. The SMILES string of the molecule is O=C(Nc1ccc(F)cc1)N1CCCC(c2nnc(-c3ccccc3F)s2)C1. The molecule has 2 amide bonds. The summed E-state index contributed by atoms with van der Waals surface area (Å²) in [6.07, 6.45) is 1.74. The lowest BCUT2D eigenvalue weighted by Gasteiger charge is -2.31. The van der Waals surface area contributed by atoms with Crippen LogP contribution in [-0.4, -0.2) is 34.2 Å². The highest BCUT2D eigenvalue weighted by atomic mass is 32.1. The number of aromatic nitrogens is 2. The number of rotatable bonds is 3. The molecule has 1 aromatic heterocycles. The third kappa shape index (κ3) is 4.01. The molecule has 4 rings (SSSR count). The Morgan fingerprint density at radius 1 is 1.11 bits per heavy atom. The summed E-state index contributed by atoms with van der Waals surface area (Å²) >= 11 is 1.36. The zero-order valence-electron chi connectivity index (χ0n) is 14.9. The maximum absolute atomic E-state index is 14.0. The summed E-state index contributed by atoms with van der Waals surface area (Å²) in [5.74, 6) is -0.613. The summed E-state index contributed by atoms with van der Waals surface area (Å²) < 4.78 is 27.0. The number of benzene rings is 2. The first-order chi connectivity index (χ1) is 13.6. The van der Waals surface area contributed by atoms with Gasteiger partial charge in [-0.1, -0.05) is 23.5 Å². The van der Waals surface area contributed by atoms with Gasteiger partial charge in [0.25, 0.3) is 0 Å². The molecule has 8 heteroatoms. The molecule has 5 nitrogen and oxygen atoms in total. The van der Waals surface area contributed by atoms with E-state index in [0.717, 1.165) is 17.8 Å². The van der Waals surface area contributed by atoms with Crippen LogP contribution >= 0.6 is 11.3 Å². The number of halogens is 2. The standard InChI is InChI=1S/C20H18F2N4OS/c21-14-7-9-15(10-8-14)23-20(27)26-11-3-4-13(12-26)18-24-25-19(28-18)16-5-1-2-6-17(16)22/h1-2,5-10,13H,3-4,11-12H2,(H,23,27). The highest BCUT2D eigenvalue weighted by Crippen LogP contribution is 2.33. The minimum Gasteiger partial charge on any atom is -0.324 e. The van der Waals surface area contributed by atoms with Crippen LogP contribution in [-0.2, 0) is 0 Å². The Hall–Kier alpha value is -2.87. The summed E-state index contributed by atoms with van der Waals surface area (Å²) in [6.45, 7) is 1.15. The Kier molecular flexibility index (Phi) is 5.29. The van der Waals surface area contributed by atoms with Gasteiger partial charge in [-0.15, -0.1) is 10.2 Å². The van der Waals surface area contributed by atoms with E-state index in [0.29, 0.717) is 29.3 Å². The number of carbonyl (C=O) groups excluding carboxylic acids is 1. The van der Waals surface area contributed by atoms with Crippen LogP contribution in [0.3, 0.4) is 0 Å².